The van der Waals surface area contributed by atoms with E-state index in [4.69, 9.17) is 19.9 Å². The first kappa shape index (κ1) is 17.8. The number of nitrogens with two attached hydrogens (primary N) is 1. The van der Waals surface area contributed by atoms with Crippen LogP contribution in [0.3, 0.4) is 0 Å². The standard InChI is InChI=1S/C15H24N2O5S/c1-15(9-16)5-6-17(10-15)23(18,19)14-12(21-3)7-11(20-2)8-13(14)22-4/h7-8H,5-6,9-10,16H2,1-4H3. The average Bonchev–Trinajstić information content (AvgIpc) is 2.97. The van der Waals surface area contributed by atoms with Crippen molar-refractivity contribution in [3.63, 3.8) is 0 Å². The number of benzene rings is 1. The van der Waals surface area contributed by atoms with Crippen LogP contribution in [0.15, 0.2) is 17.0 Å². The highest BCUT2D eigenvalue weighted by atomic mass is 32.2. The summed E-state index contributed by atoms with van der Waals surface area (Å²) in [5, 5.41) is 0. The number of ether oxygens (including phenoxy) is 3. The van der Waals surface area contributed by atoms with Crippen LogP contribution in [0.2, 0.25) is 0 Å². The maximum atomic E-state index is 13.1. The zero-order valence-corrected chi connectivity index (χ0v) is 14.8. The van der Waals surface area contributed by atoms with Gasteiger partial charge in [0.25, 0.3) is 10.0 Å². The van der Waals surface area contributed by atoms with Gasteiger partial charge in [-0.25, -0.2) is 8.42 Å². The fourth-order valence-electron chi connectivity index (χ4n) is 2.71. The summed E-state index contributed by atoms with van der Waals surface area (Å²) in [4.78, 5) is 0.0181. The highest BCUT2D eigenvalue weighted by Crippen LogP contribution is 2.41. The van der Waals surface area contributed by atoms with Gasteiger partial charge in [-0.1, -0.05) is 6.92 Å². The number of hydrogen-bond acceptors (Lipinski definition) is 6. The highest BCUT2D eigenvalue weighted by Gasteiger charge is 2.41. The van der Waals surface area contributed by atoms with Crippen LogP contribution in [-0.2, 0) is 10.0 Å². The average molecular weight is 344 g/mol. The zero-order valence-electron chi connectivity index (χ0n) is 14.0. The first-order valence-corrected chi connectivity index (χ1v) is 8.75. The van der Waals surface area contributed by atoms with Crippen LogP contribution in [0.1, 0.15) is 13.3 Å². The minimum absolute atomic E-state index is 0.0181. The summed E-state index contributed by atoms with van der Waals surface area (Å²) in [5.74, 6) is 0.857. The summed E-state index contributed by atoms with van der Waals surface area (Å²) in [6.07, 6.45) is 0.726. The van der Waals surface area contributed by atoms with E-state index in [-0.39, 0.29) is 21.8 Å². The number of methoxy groups -OCH3 is 3. The summed E-state index contributed by atoms with van der Waals surface area (Å²) < 4.78 is 43.3. The number of hydrogen-bond donors (Lipinski definition) is 1. The van der Waals surface area contributed by atoms with Crippen molar-refractivity contribution < 1.29 is 22.6 Å². The fraction of sp³-hybridized carbons (Fsp3) is 0.600. The quantitative estimate of drug-likeness (QED) is 0.830. The minimum Gasteiger partial charge on any atom is -0.496 e. The molecule has 8 heteroatoms. The topological polar surface area (TPSA) is 91.1 Å². The van der Waals surface area contributed by atoms with Gasteiger partial charge in [0, 0.05) is 25.2 Å². The van der Waals surface area contributed by atoms with E-state index in [0.717, 1.165) is 6.42 Å². The molecule has 23 heavy (non-hydrogen) atoms. The number of sulfonamides is 1. The lowest BCUT2D eigenvalue weighted by Crippen LogP contribution is -2.34. The van der Waals surface area contributed by atoms with Crippen molar-refractivity contribution in [2.45, 2.75) is 18.2 Å². The van der Waals surface area contributed by atoms with Crippen molar-refractivity contribution in [1.29, 1.82) is 0 Å². The molecule has 2 rings (SSSR count). The van der Waals surface area contributed by atoms with Crippen LogP contribution in [0, 0.1) is 5.41 Å². The molecule has 0 radical (unpaired) electrons. The molecule has 2 N–H and O–H groups in total. The Morgan fingerprint density at radius 1 is 1.17 bits per heavy atom. The second-order valence-corrected chi connectivity index (χ2v) is 7.84. The molecule has 0 spiro atoms. The summed E-state index contributed by atoms with van der Waals surface area (Å²) in [7, 11) is 0.573. The molecule has 0 aromatic heterocycles. The lowest BCUT2D eigenvalue weighted by atomic mass is 9.90. The van der Waals surface area contributed by atoms with Gasteiger partial charge in [0.15, 0.2) is 4.90 Å². The van der Waals surface area contributed by atoms with Crippen LogP contribution in [0.5, 0.6) is 17.2 Å². The predicted molar refractivity (Wildman–Crippen MR) is 86.6 cm³/mol. The number of rotatable bonds is 6. The van der Waals surface area contributed by atoms with Gasteiger partial charge in [0.1, 0.15) is 17.2 Å². The summed E-state index contributed by atoms with van der Waals surface area (Å²) in [5.41, 5.74) is 5.57. The smallest absolute Gasteiger partial charge is 0.250 e. The van der Waals surface area contributed by atoms with Crippen molar-refractivity contribution in [1.82, 2.24) is 4.31 Å². The van der Waals surface area contributed by atoms with E-state index in [9.17, 15) is 8.42 Å². The third-order valence-corrected chi connectivity index (χ3v) is 6.19. The molecule has 0 saturated carbocycles. The Kier molecular flexibility index (Phi) is 5.07. The summed E-state index contributed by atoms with van der Waals surface area (Å²) in [6, 6.07) is 3.07. The van der Waals surface area contributed by atoms with Crippen molar-refractivity contribution in [3.05, 3.63) is 12.1 Å². The summed E-state index contributed by atoms with van der Waals surface area (Å²) in [6.45, 7) is 3.24. The van der Waals surface area contributed by atoms with Gasteiger partial charge in [0.2, 0.25) is 0 Å². The molecular formula is C15H24N2O5S. The Bertz CT molecular complexity index is 651. The Labute approximate surface area is 137 Å². The Hall–Kier alpha value is -1.51. The lowest BCUT2D eigenvalue weighted by molar-refractivity contribution is 0.341. The second kappa shape index (κ2) is 6.54. The predicted octanol–water partition coefficient (Wildman–Crippen LogP) is 1.07. The molecule has 1 unspecified atom stereocenters. The molecule has 1 aliphatic rings. The van der Waals surface area contributed by atoms with E-state index in [2.05, 4.69) is 0 Å². The third kappa shape index (κ3) is 3.24. The van der Waals surface area contributed by atoms with Crippen LogP contribution in [0.25, 0.3) is 0 Å². The van der Waals surface area contributed by atoms with Gasteiger partial charge in [0.05, 0.1) is 21.3 Å². The normalized spacial score (nSPS) is 22.1. The molecular weight excluding hydrogens is 320 g/mol. The van der Waals surface area contributed by atoms with Crippen molar-refractivity contribution in [2.75, 3.05) is 41.0 Å². The van der Waals surface area contributed by atoms with Gasteiger partial charge >= 0.3 is 0 Å². The zero-order chi connectivity index (χ0) is 17.3. The van der Waals surface area contributed by atoms with E-state index in [1.165, 1.54) is 37.8 Å². The van der Waals surface area contributed by atoms with E-state index in [1.54, 1.807) is 0 Å². The van der Waals surface area contributed by atoms with Crippen molar-refractivity contribution in [2.24, 2.45) is 11.1 Å². The molecule has 0 aliphatic carbocycles. The highest BCUT2D eigenvalue weighted by molar-refractivity contribution is 7.89. The maximum Gasteiger partial charge on any atom is 0.250 e. The first-order chi connectivity index (χ1) is 10.8. The molecule has 1 heterocycles. The van der Waals surface area contributed by atoms with Gasteiger partial charge in [-0.3, -0.25) is 0 Å². The Morgan fingerprint density at radius 3 is 2.13 bits per heavy atom. The lowest BCUT2D eigenvalue weighted by Gasteiger charge is -2.24. The van der Waals surface area contributed by atoms with E-state index in [0.29, 0.717) is 25.4 Å². The van der Waals surface area contributed by atoms with Gasteiger partial charge in [-0.15, -0.1) is 0 Å². The molecule has 1 aliphatic heterocycles. The minimum atomic E-state index is -3.76. The Morgan fingerprint density at radius 2 is 1.74 bits per heavy atom. The van der Waals surface area contributed by atoms with Gasteiger partial charge in [-0.05, 0) is 18.4 Å². The fourth-order valence-corrected chi connectivity index (χ4v) is 4.57. The molecule has 1 atom stereocenters. The molecule has 130 valence electrons. The maximum absolute atomic E-state index is 13.1. The first-order valence-electron chi connectivity index (χ1n) is 7.31. The molecule has 1 aromatic carbocycles. The largest absolute Gasteiger partial charge is 0.496 e. The molecule has 0 bridgehead atoms. The van der Waals surface area contributed by atoms with E-state index >= 15 is 0 Å². The van der Waals surface area contributed by atoms with Crippen LogP contribution in [0.4, 0.5) is 0 Å². The van der Waals surface area contributed by atoms with Crippen molar-refractivity contribution >= 4 is 10.0 Å². The molecule has 1 saturated heterocycles. The number of nitrogens with zero attached hydrogens (tertiary/aromatic N) is 1. The van der Waals surface area contributed by atoms with E-state index < -0.39 is 10.0 Å². The van der Waals surface area contributed by atoms with Crippen LogP contribution < -0.4 is 19.9 Å². The molecule has 0 amide bonds. The monoisotopic (exact) mass is 344 g/mol. The second-order valence-electron chi connectivity index (χ2n) is 5.96. The van der Waals surface area contributed by atoms with Gasteiger partial charge < -0.3 is 19.9 Å². The van der Waals surface area contributed by atoms with Crippen LogP contribution >= 0.6 is 0 Å². The molecule has 7 nitrogen and oxygen atoms in total. The molecule has 1 aromatic rings. The van der Waals surface area contributed by atoms with E-state index in [1.807, 2.05) is 6.92 Å². The third-order valence-electron chi connectivity index (χ3n) is 4.28. The van der Waals surface area contributed by atoms with Crippen molar-refractivity contribution in [3.8, 4) is 17.2 Å². The summed E-state index contributed by atoms with van der Waals surface area (Å²) >= 11 is 0. The van der Waals surface area contributed by atoms with Gasteiger partial charge in [-0.2, -0.15) is 4.31 Å². The Balaban J connectivity index is 2.52. The SMILES string of the molecule is COc1cc(OC)c(S(=O)(=O)N2CCC(C)(CN)C2)c(OC)c1. The molecule has 1 fully saturated rings. The van der Waals surface area contributed by atoms with Crippen LogP contribution in [-0.4, -0.2) is 53.7 Å².